The fourth-order valence-electron chi connectivity index (χ4n) is 3.73. The Morgan fingerprint density at radius 2 is 1.97 bits per heavy atom. The number of fused-ring (bicyclic) bond motifs is 1. The second kappa shape index (κ2) is 7.60. The SMILES string of the molecule is Fc1ccccc1Oc1ccc(-c2nn(C3CCCNC3)c3ncncc23)cc1. The van der Waals surface area contributed by atoms with Crippen molar-refractivity contribution < 1.29 is 9.13 Å². The summed E-state index contributed by atoms with van der Waals surface area (Å²) in [5.74, 6) is 0.378. The monoisotopic (exact) mass is 389 g/mol. The molecule has 29 heavy (non-hydrogen) atoms. The van der Waals surface area contributed by atoms with Gasteiger partial charge in [-0.2, -0.15) is 5.10 Å². The van der Waals surface area contributed by atoms with E-state index >= 15 is 0 Å². The van der Waals surface area contributed by atoms with Crippen LogP contribution in [-0.4, -0.2) is 32.8 Å². The molecule has 0 saturated carbocycles. The average molecular weight is 389 g/mol. The molecule has 2 aromatic heterocycles. The van der Waals surface area contributed by atoms with Gasteiger partial charge in [0.25, 0.3) is 0 Å². The third-order valence-corrected chi connectivity index (χ3v) is 5.18. The minimum atomic E-state index is -0.389. The quantitative estimate of drug-likeness (QED) is 0.562. The van der Waals surface area contributed by atoms with Crippen LogP contribution in [0.25, 0.3) is 22.3 Å². The molecule has 6 nitrogen and oxygen atoms in total. The highest BCUT2D eigenvalue weighted by Crippen LogP contribution is 2.32. The summed E-state index contributed by atoms with van der Waals surface area (Å²) in [5, 5.41) is 9.23. The summed E-state index contributed by atoms with van der Waals surface area (Å²) in [7, 11) is 0. The minimum absolute atomic E-state index is 0.202. The van der Waals surface area contributed by atoms with Crippen molar-refractivity contribution in [2.24, 2.45) is 0 Å². The molecular formula is C22H20FN5O. The number of rotatable bonds is 4. The van der Waals surface area contributed by atoms with E-state index in [1.165, 1.54) is 6.07 Å². The van der Waals surface area contributed by atoms with Crippen molar-refractivity contribution in [1.82, 2.24) is 25.1 Å². The summed E-state index contributed by atoms with van der Waals surface area (Å²) in [5.41, 5.74) is 2.62. The molecule has 0 radical (unpaired) electrons. The molecular weight excluding hydrogens is 369 g/mol. The van der Waals surface area contributed by atoms with Crippen molar-refractivity contribution in [1.29, 1.82) is 0 Å². The molecule has 0 aliphatic carbocycles. The topological polar surface area (TPSA) is 64.9 Å². The molecule has 7 heteroatoms. The average Bonchev–Trinajstić information content (AvgIpc) is 3.16. The van der Waals surface area contributed by atoms with E-state index in [1.807, 2.05) is 28.9 Å². The van der Waals surface area contributed by atoms with Gasteiger partial charge in [0.1, 0.15) is 17.8 Å². The van der Waals surface area contributed by atoms with Gasteiger partial charge < -0.3 is 10.1 Å². The Morgan fingerprint density at radius 3 is 2.76 bits per heavy atom. The van der Waals surface area contributed by atoms with E-state index in [2.05, 4.69) is 15.3 Å². The molecule has 1 fully saturated rings. The molecule has 1 N–H and O–H groups in total. The first-order chi connectivity index (χ1) is 14.3. The number of nitrogens with zero attached hydrogens (tertiary/aromatic N) is 4. The van der Waals surface area contributed by atoms with Gasteiger partial charge in [-0.05, 0) is 55.8 Å². The summed E-state index contributed by atoms with van der Waals surface area (Å²) in [4.78, 5) is 8.67. The van der Waals surface area contributed by atoms with E-state index in [1.54, 1.807) is 30.7 Å². The van der Waals surface area contributed by atoms with Gasteiger partial charge in [-0.25, -0.2) is 19.0 Å². The highest BCUT2D eigenvalue weighted by molar-refractivity contribution is 5.90. The second-order valence-corrected chi connectivity index (χ2v) is 7.11. The molecule has 1 aliphatic heterocycles. The Bertz CT molecular complexity index is 1140. The number of halogens is 1. The lowest BCUT2D eigenvalue weighted by Gasteiger charge is -2.23. The third-order valence-electron chi connectivity index (χ3n) is 5.18. The molecule has 1 aliphatic rings. The lowest BCUT2D eigenvalue weighted by molar-refractivity contribution is 0.354. The largest absolute Gasteiger partial charge is 0.454 e. The molecule has 0 spiro atoms. The number of benzene rings is 2. The molecule has 0 amide bonds. The zero-order chi connectivity index (χ0) is 19.6. The molecule has 5 rings (SSSR count). The molecule has 4 aromatic rings. The number of piperidine rings is 1. The summed E-state index contributed by atoms with van der Waals surface area (Å²) >= 11 is 0. The van der Waals surface area contributed by atoms with E-state index in [9.17, 15) is 4.39 Å². The van der Waals surface area contributed by atoms with Crippen molar-refractivity contribution in [3.8, 4) is 22.8 Å². The van der Waals surface area contributed by atoms with Gasteiger partial charge in [0.05, 0.1) is 11.4 Å². The van der Waals surface area contributed by atoms with Gasteiger partial charge >= 0.3 is 0 Å². The molecule has 3 heterocycles. The zero-order valence-electron chi connectivity index (χ0n) is 15.8. The number of hydrogen-bond acceptors (Lipinski definition) is 5. The van der Waals surface area contributed by atoms with Crippen molar-refractivity contribution in [3.63, 3.8) is 0 Å². The van der Waals surface area contributed by atoms with Gasteiger partial charge in [-0.1, -0.05) is 12.1 Å². The van der Waals surface area contributed by atoms with Crippen LogP contribution in [0.15, 0.2) is 61.1 Å². The molecule has 146 valence electrons. The lowest BCUT2D eigenvalue weighted by Crippen LogP contribution is -2.32. The fraction of sp³-hybridized carbons (Fsp3) is 0.227. The highest BCUT2D eigenvalue weighted by Gasteiger charge is 2.21. The van der Waals surface area contributed by atoms with E-state index in [0.29, 0.717) is 5.75 Å². The van der Waals surface area contributed by atoms with Crippen LogP contribution in [0.5, 0.6) is 11.5 Å². The Hall–Kier alpha value is -3.32. The van der Waals surface area contributed by atoms with Crippen molar-refractivity contribution in [2.45, 2.75) is 18.9 Å². The van der Waals surface area contributed by atoms with Gasteiger partial charge in [-0.3, -0.25) is 0 Å². The molecule has 1 atom stereocenters. The third kappa shape index (κ3) is 3.45. The Morgan fingerprint density at radius 1 is 1.10 bits per heavy atom. The summed E-state index contributed by atoms with van der Waals surface area (Å²) in [6.45, 7) is 1.93. The van der Waals surface area contributed by atoms with Crippen LogP contribution >= 0.6 is 0 Å². The lowest BCUT2D eigenvalue weighted by atomic mass is 10.1. The molecule has 1 unspecified atom stereocenters. The van der Waals surface area contributed by atoms with Crippen LogP contribution in [0, 0.1) is 5.82 Å². The number of aromatic nitrogens is 4. The predicted octanol–water partition coefficient (Wildman–Crippen LogP) is 4.35. The van der Waals surface area contributed by atoms with Gasteiger partial charge in [0, 0.05) is 18.3 Å². The Balaban J connectivity index is 1.48. The highest BCUT2D eigenvalue weighted by atomic mass is 19.1. The van der Waals surface area contributed by atoms with Crippen LogP contribution in [0.1, 0.15) is 18.9 Å². The fourth-order valence-corrected chi connectivity index (χ4v) is 3.73. The number of hydrogen-bond donors (Lipinski definition) is 1. The Kier molecular flexibility index (Phi) is 4.65. The normalized spacial score (nSPS) is 16.8. The maximum Gasteiger partial charge on any atom is 0.165 e. The van der Waals surface area contributed by atoms with Crippen LogP contribution in [0.3, 0.4) is 0 Å². The van der Waals surface area contributed by atoms with Gasteiger partial charge in [-0.15, -0.1) is 0 Å². The zero-order valence-corrected chi connectivity index (χ0v) is 15.8. The maximum absolute atomic E-state index is 13.8. The summed E-state index contributed by atoms with van der Waals surface area (Å²) in [6.07, 6.45) is 5.56. The summed E-state index contributed by atoms with van der Waals surface area (Å²) in [6, 6.07) is 14.1. The van der Waals surface area contributed by atoms with Crippen LogP contribution in [0.4, 0.5) is 4.39 Å². The van der Waals surface area contributed by atoms with Crippen molar-refractivity contribution >= 4 is 11.0 Å². The van der Waals surface area contributed by atoms with E-state index in [-0.39, 0.29) is 17.6 Å². The Labute approximate surface area is 167 Å². The smallest absolute Gasteiger partial charge is 0.165 e. The van der Waals surface area contributed by atoms with Gasteiger partial charge in [0.15, 0.2) is 17.2 Å². The molecule has 2 aromatic carbocycles. The van der Waals surface area contributed by atoms with Crippen molar-refractivity contribution in [2.75, 3.05) is 13.1 Å². The first-order valence-electron chi connectivity index (χ1n) is 9.71. The van der Waals surface area contributed by atoms with Gasteiger partial charge in [0.2, 0.25) is 0 Å². The molecule has 1 saturated heterocycles. The van der Waals surface area contributed by atoms with E-state index in [4.69, 9.17) is 9.84 Å². The summed E-state index contributed by atoms with van der Waals surface area (Å²) < 4.78 is 21.5. The maximum atomic E-state index is 13.8. The van der Waals surface area contributed by atoms with Crippen LogP contribution in [-0.2, 0) is 0 Å². The second-order valence-electron chi connectivity index (χ2n) is 7.11. The van der Waals surface area contributed by atoms with Crippen LogP contribution < -0.4 is 10.1 Å². The predicted molar refractivity (Wildman–Crippen MR) is 108 cm³/mol. The van der Waals surface area contributed by atoms with Crippen molar-refractivity contribution in [3.05, 3.63) is 66.9 Å². The number of nitrogens with one attached hydrogen (secondary N) is 1. The number of ether oxygens (including phenoxy) is 1. The minimum Gasteiger partial charge on any atom is -0.454 e. The number of para-hydroxylation sites is 1. The first-order valence-corrected chi connectivity index (χ1v) is 9.71. The standard InChI is InChI=1S/C22H20FN5O/c23-19-5-1-2-6-20(19)29-17-9-7-15(8-10-17)21-18-13-25-14-26-22(18)28(27-21)16-4-3-11-24-12-16/h1-2,5-10,13-14,16,24H,3-4,11-12H2. The van der Waals surface area contributed by atoms with Crippen LogP contribution in [0.2, 0.25) is 0 Å². The first kappa shape index (κ1) is 17.8. The molecule has 0 bridgehead atoms. The van der Waals surface area contributed by atoms with E-state index < -0.39 is 0 Å². The van der Waals surface area contributed by atoms with E-state index in [0.717, 1.165) is 48.2 Å².